The van der Waals surface area contributed by atoms with Gasteiger partial charge < -0.3 is 15.8 Å². The van der Waals surface area contributed by atoms with E-state index in [1.54, 1.807) is 6.07 Å². The van der Waals surface area contributed by atoms with Crippen LogP contribution in [0.2, 0.25) is 5.02 Å². The molecule has 3 rings (SSSR count). The van der Waals surface area contributed by atoms with Crippen molar-refractivity contribution in [3.8, 4) is 5.75 Å². The largest absolute Gasteiger partial charge is 0.492 e. The normalized spacial score (nSPS) is 18.2. The highest BCUT2D eigenvalue weighted by molar-refractivity contribution is 6.32. The van der Waals surface area contributed by atoms with Crippen molar-refractivity contribution in [3.05, 3.63) is 65.2 Å². The van der Waals surface area contributed by atoms with Crippen molar-refractivity contribution >= 4 is 23.5 Å². The number of hydrogen-bond acceptors (Lipinski definition) is 4. The number of rotatable bonds is 6. The molecule has 1 aliphatic rings. The van der Waals surface area contributed by atoms with Gasteiger partial charge in [0.1, 0.15) is 5.75 Å². The molecule has 0 aliphatic carbocycles. The van der Waals surface area contributed by atoms with Crippen LogP contribution in [-0.2, 0) is 0 Å². The molecule has 0 spiro atoms. The maximum atomic E-state index is 6.05. The summed E-state index contributed by atoms with van der Waals surface area (Å²) < 4.78 is 5.65. The summed E-state index contributed by atoms with van der Waals surface area (Å²) in [6, 6.07) is 17.3. The molecular weight excluding hydrogens is 338 g/mol. The Bertz CT molecular complexity index is 763. The van der Waals surface area contributed by atoms with Crippen molar-refractivity contribution in [1.29, 1.82) is 0 Å². The molecule has 7 heteroatoms. The summed E-state index contributed by atoms with van der Waals surface area (Å²) >= 11 is 6.05. The van der Waals surface area contributed by atoms with Crippen LogP contribution >= 0.6 is 11.6 Å². The average Bonchev–Trinajstić information content (AvgIpc) is 2.63. The summed E-state index contributed by atoms with van der Waals surface area (Å²) in [7, 11) is 0. The number of nitrogens with one attached hydrogen (secondary N) is 2. The van der Waals surface area contributed by atoms with Gasteiger partial charge in [0.05, 0.1) is 11.6 Å². The zero-order chi connectivity index (χ0) is 17.5. The van der Waals surface area contributed by atoms with Crippen LogP contribution < -0.4 is 21.1 Å². The Hall–Kier alpha value is -2.73. The van der Waals surface area contributed by atoms with E-state index < -0.39 is 0 Å². The lowest BCUT2D eigenvalue weighted by molar-refractivity contribution is 0.313. The van der Waals surface area contributed by atoms with Gasteiger partial charge in [-0.2, -0.15) is 0 Å². The predicted octanol–water partition coefficient (Wildman–Crippen LogP) is 2.67. The average molecular weight is 358 g/mol. The molecule has 1 unspecified atom stereocenters. The summed E-state index contributed by atoms with van der Waals surface area (Å²) in [4.78, 5) is 8.83. The molecule has 0 amide bonds. The maximum absolute atomic E-state index is 6.05. The molecule has 0 saturated carbocycles. The van der Waals surface area contributed by atoms with Gasteiger partial charge in [0, 0.05) is 13.0 Å². The molecule has 6 nitrogen and oxygen atoms in total. The minimum atomic E-state index is -0.236. The van der Waals surface area contributed by atoms with Gasteiger partial charge in [-0.1, -0.05) is 54.1 Å². The van der Waals surface area contributed by atoms with Crippen molar-refractivity contribution in [2.24, 2.45) is 15.7 Å². The number of aliphatic imine (C=N–C) groups is 2. The van der Waals surface area contributed by atoms with Crippen molar-refractivity contribution < 1.29 is 4.74 Å². The summed E-state index contributed by atoms with van der Waals surface area (Å²) in [5, 5.41) is 6.78. The summed E-state index contributed by atoms with van der Waals surface area (Å²) in [5.41, 5.74) is 6.88. The number of benzene rings is 2. The summed E-state index contributed by atoms with van der Waals surface area (Å²) in [6.45, 7) is 1.13. The van der Waals surface area contributed by atoms with Crippen molar-refractivity contribution in [2.75, 3.05) is 13.2 Å². The van der Waals surface area contributed by atoms with E-state index in [0.717, 1.165) is 12.0 Å². The smallest absolute Gasteiger partial charge is 0.200 e. The van der Waals surface area contributed by atoms with Crippen molar-refractivity contribution in [3.63, 3.8) is 0 Å². The Kier molecular flexibility index (Phi) is 5.74. The van der Waals surface area contributed by atoms with Crippen molar-refractivity contribution in [2.45, 2.75) is 12.6 Å². The molecule has 0 saturated heterocycles. The molecule has 2 aromatic carbocycles. The monoisotopic (exact) mass is 357 g/mol. The zero-order valence-corrected chi connectivity index (χ0v) is 14.4. The molecule has 0 fully saturated rings. The molecular formula is C18H20ClN5O. The van der Waals surface area contributed by atoms with Gasteiger partial charge in [0.2, 0.25) is 0 Å². The number of halogens is 1. The lowest BCUT2D eigenvalue weighted by atomic mass is 10.2. The Morgan fingerprint density at radius 1 is 1.12 bits per heavy atom. The fourth-order valence-electron chi connectivity index (χ4n) is 2.37. The predicted molar refractivity (Wildman–Crippen MR) is 101 cm³/mol. The molecule has 130 valence electrons. The van der Waals surface area contributed by atoms with Crippen LogP contribution in [0.4, 0.5) is 0 Å². The first-order valence-electron chi connectivity index (χ1n) is 8.06. The van der Waals surface area contributed by atoms with Crippen LogP contribution in [0.25, 0.3) is 0 Å². The van der Waals surface area contributed by atoms with Crippen LogP contribution in [0.1, 0.15) is 18.2 Å². The van der Waals surface area contributed by atoms with Gasteiger partial charge in [0.25, 0.3) is 0 Å². The Morgan fingerprint density at radius 2 is 1.88 bits per heavy atom. The fourth-order valence-corrected chi connectivity index (χ4v) is 2.56. The second-order valence-corrected chi connectivity index (χ2v) is 5.87. The number of ether oxygens (including phenoxy) is 1. The van der Waals surface area contributed by atoms with Gasteiger partial charge in [-0.25, -0.2) is 4.99 Å². The van der Waals surface area contributed by atoms with E-state index in [1.165, 1.54) is 0 Å². The highest BCUT2D eigenvalue weighted by atomic mass is 35.5. The highest BCUT2D eigenvalue weighted by Crippen LogP contribution is 2.23. The first-order chi connectivity index (χ1) is 12.2. The van der Waals surface area contributed by atoms with Crippen LogP contribution in [0, 0.1) is 0 Å². The molecule has 1 heterocycles. The molecule has 25 heavy (non-hydrogen) atoms. The Balaban J connectivity index is 1.50. The molecule has 0 aromatic heterocycles. The molecule has 2 aromatic rings. The minimum Gasteiger partial charge on any atom is -0.492 e. The SMILES string of the molecule is NC1=NC(c2ccccc2)NC(=NCCCOc2ccccc2Cl)N1. The lowest BCUT2D eigenvalue weighted by Crippen LogP contribution is -2.50. The third-order valence-corrected chi connectivity index (χ3v) is 3.88. The Morgan fingerprint density at radius 3 is 2.68 bits per heavy atom. The van der Waals surface area contributed by atoms with Crippen LogP contribution in [0.5, 0.6) is 5.75 Å². The van der Waals surface area contributed by atoms with E-state index in [4.69, 9.17) is 22.1 Å². The number of hydrogen-bond donors (Lipinski definition) is 3. The number of para-hydroxylation sites is 1. The second-order valence-electron chi connectivity index (χ2n) is 5.46. The first kappa shape index (κ1) is 17.1. The van der Waals surface area contributed by atoms with Crippen LogP contribution in [-0.4, -0.2) is 25.1 Å². The Labute approximate surface area is 151 Å². The molecule has 0 bridgehead atoms. The second kappa shape index (κ2) is 8.39. The summed E-state index contributed by atoms with van der Waals surface area (Å²) in [5.74, 6) is 1.64. The zero-order valence-electron chi connectivity index (χ0n) is 13.7. The highest BCUT2D eigenvalue weighted by Gasteiger charge is 2.17. The van der Waals surface area contributed by atoms with E-state index >= 15 is 0 Å². The van der Waals surface area contributed by atoms with E-state index in [0.29, 0.717) is 35.8 Å². The minimum absolute atomic E-state index is 0.236. The van der Waals surface area contributed by atoms with E-state index in [1.807, 2.05) is 48.5 Å². The maximum Gasteiger partial charge on any atom is 0.200 e. The fraction of sp³-hybridized carbons (Fsp3) is 0.222. The quantitative estimate of drug-likeness (QED) is 0.694. The standard InChI is InChI=1S/C18H20ClN5O/c19-14-9-4-5-10-15(14)25-12-6-11-21-18-23-16(22-17(20)24-18)13-7-2-1-3-8-13/h1-5,7-10,16H,6,11-12H2,(H4,20,21,22,23,24). The summed E-state index contributed by atoms with van der Waals surface area (Å²) in [6.07, 6.45) is 0.520. The van der Waals surface area contributed by atoms with Gasteiger partial charge in [-0.15, -0.1) is 0 Å². The van der Waals surface area contributed by atoms with Gasteiger partial charge >= 0.3 is 0 Å². The number of guanidine groups is 2. The third-order valence-electron chi connectivity index (χ3n) is 3.57. The topological polar surface area (TPSA) is 84.0 Å². The van der Waals surface area contributed by atoms with E-state index in [2.05, 4.69) is 20.6 Å². The van der Waals surface area contributed by atoms with Gasteiger partial charge in [0.15, 0.2) is 18.1 Å². The van der Waals surface area contributed by atoms with Gasteiger partial charge in [-0.3, -0.25) is 10.3 Å². The molecule has 1 aliphatic heterocycles. The van der Waals surface area contributed by atoms with Crippen LogP contribution in [0.3, 0.4) is 0 Å². The van der Waals surface area contributed by atoms with E-state index in [-0.39, 0.29) is 6.17 Å². The lowest BCUT2D eigenvalue weighted by Gasteiger charge is -2.24. The molecule has 1 atom stereocenters. The van der Waals surface area contributed by atoms with Gasteiger partial charge in [-0.05, 0) is 17.7 Å². The number of nitrogens with zero attached hydrogens (tertiary/aromatic N) is 2. The first-order valence-corrected chi connectivity index (χ1v) is 8.44. The van der Waals surface area contributed by atoms with E-state index in [9.17, 15) is 0 Å². The number of nitrogens with two attached hydrogens (primary N) is 1. The molecule has 4 N–H and O–H groups in total. The molecule has 0 radical (unpaired) electrons. The van der Waals surface area contributed by atoms with Crippen molar-refractivity contribution in [1.82, 2.24) is 10.6 Å². The van der Waals surface area contributed by atoms with Crippen LogP contribution in [0.15, 0.2) is 64.6 Å². The third kappa shape index (κ3) is 4.87.